The van der Waals surface area contributed by atoms with Crippen LogP contribution < -0.4 is 20.6 Å². The van der Waals surface area contributed by atoms with Crippen LogP contribution in [0.15, 0.2) is 95.0 Å². The molecular weight excluding hydrogens is 468 g/mol. The number of para-hydroxylation sites is 1. The molecule has 0 saturated heterocycles. The van der Waals surface area contributed by atoms with Crippen LogP contribution in [0, 0.1) is 6.92 Å². The first-order valence-corrected chi connectivity index (χ1v) is 12.7. The molecular formula is C29H24N4O2S. The zero-order chi connectivity index (χ0) is 24.6. The molecule has 1 N–H and O–H groups in total. The number of carbonyl (C=O) groups is 1. The molecule has 0 unspecified atom stereocenters. The molecule has 7 heteroatoms. The number of aryl methyl sites for hydroxylation is 1. The van der Waals surface area contributed by atoms with Crippen LogP contribution in [0.2, 0.25) is 0 Å². The van der Waals surface area contributed by atoms with Gasteiger partial charge in [-0.2, -0.15) is 0 Å². The normalized spacial score (nSPS) is 16.6. The maximum absolute atomic E-state index is 13.5. The number of fused-ring (bicyclic) bond motifs is 3. The van der Waals surface area contributed by atoms with Crippen molar-refractivity contribution < 1.29 is 9.53 Å². The van der Waals surface area contributed by atoms with Crippen molar-refractivity contribution in [1.82, 2.24) is 10.3 Å². The molecule has 4 aromatic rings. The second kappa shape index (κ2) is 9.17. The number of methoxy groups -OCH3 is 1. The van der Waals surface area contributed by atoms with E-state index < -0.39 is 6.17 Å². The molecule has 1 atom stereocenters. The van der Waals surface area contributed by atoms with Crippen LogP contribution in [-0.2, 0) is 10.5 Å². The third-order valence-corrected chi connectivity index (χ3v) is 7.36. The highest BCUT2D eigenvalue weighted by molar-refractivity contribution is 8.13. The summed E-state index contributed by atoms with van der Waals surface area (Å²) < 4.78 is 5.79. The van der Waals surface area contributed by atoms with Crippen molar-refractivity contribution in [3.63, 3.8) is 0 Å². The fourth-order valence-electron chi connectivity index (χ4n) is 4.64. The molecule has 36 heavy (non-hydrogen) atoms. The Morgan fingerprint density at radius 1 is 0.972 bits per heavy atom. The van der Waals surface area contributed by atoms with E-state index in [1.807, 2.05) is 48.5 Å². The Labute approximate surface area is 213 Å². The molecule has 0 radical (unpaired) electrons. The monoisotopic (exact) mass is 492 g/mol. The van der Waals surface area contributed by atoms with E-state index >= 15 is 0 Å². The number of amides is 1. The smallest absolute Gasteiger partial charge is 0.276 e. The number of hydrogen-bond donors (Lipinski definition) is 1. The van der Waals surface area contributed by atoms with Crippen molar-refractivity contribution in [2.45, 2.75) is 18.8 Å². The van der Waals surface area contributed by atoms with Gasteiger partial charge in [-0.1, -0.05) is 90.1 Å². The Morgan fingerprint density at radius 2 is 1.75 bits per heavy atom. The highest BCUT2D eigenvalue weighted by Crippen LogP contribution is 2.40. The molecule has 2 aliphatic rings. The third-order valence-electron chi connectivity index (χ3n) is 6.42. The van der Waals surface area contributed by atoms with Crippen LogP contribution in [0.5, 0.6) is 5.75 Å². The molecule has 6 nitrogen and oxygen atoms in total. The number of carbonyl (C=O) groups excluding carboxylic acids is 1. The number of ether oxygens (including phenoxy) is 1. The van der Waals surface area contributed by atoms with Gasteiger partial charge in [0.05, 0.1) is 12.5 Å². The number of amidine groups is 1. The molecule has 0 bridgehead atoms. The molecule has 1 amide bonds. The van der Waals surface area contributed by atoms with E-state index in [1.54, 1.807) is 12.1 Å². The van der Waals surface area contributed by atoms with E-state index in [0.717, 1.165) is 26.9 Å². The fraction of sp³-hybridized carbons (Fsp3) is 0.138. The van der Waals surface area contributed by atoms with Crippen molar-refractivity contribution in [3.8, 4) is 5.75 Å². The Bertz CT molecular complexity index is 1650. The van der Waals surface area contributed by atoms with Gasteiger partial charge in [0.1, 0.15) is 11.4 Å². The van der Waals surface area contributed by atoms with Crippen LogP contribution in [0.1, 0.15) is 22.9 Å². The Balaban J connectivity index is 1.50. The summed E-state index contributed by atoms with van der Waals surface area (Å²) in [7, 11) is 1.66. The van der Waals surface area contributed by atoms with Crippen LogP contribution in [0.25, 0.3) is 16.5 Å². The molecule has 2 aliphatic heterocycles. The molecule has 178 valence electrons. The van der Waals surface area contributed by atoms with Crippen molar-refractivity contribution in [2.24, 2.45) is 10.1 Å². The van der Waals surface area contributed by atoms with Gasteiger partial charge >= 0.3 is 0 Å². The lowest BCUT2D eigenvalue weighted by Gasteiger charge is -2.35. The van der Waals surface area contributed by atoms with Gasteiger partial charge in [-0.25, -0.2) is 5.01 Å². The Morgan fingerprint density at radius 3 is 2.58 bits per heavy atom. The SMILES string of the molecule is COc1ccc2ccccc2c1[C@H]1N=c2ccccc2=C2C(=O)NC(SCc3ccc(C)cc3)=NN21. The average Bonchev–Trinajstić information content (AvgIpc) is 2.91. The van der Waals surface area contributed by atoms with Crippen molar-refractivity contribution in [2.75, 3.05) is 7.11 Å². The minimum atomic E-state index is -0.558. The molecule has 0 saturated carbocycles. The molecule has 6 rings (SSSR count). The second-order valence-corrected chi connectivity index (χ2v) is 9.71. The van der Waals surface area contributed by atoms with E-state index in [0.29, 0.717) is 22.4 Å². The maximum Gasteiger partial charge on any atom is 0.276 e. The molecule has 0 aliphatic carbocycles. The van der Waals surface area contributed by atoms with Gasteiger partial charge in [-0.05, 0) is 35.4 Å². The largest absolute Gasteiger partial charge is 0.496 e. The van der Waals surface area contributed by atoms with Crippen LogP contribution in [-0.4, -0.2) is 23.2 Å². The fourth-order valence-corrected chi connectivity index (χ4v) is 5.44. The first-order chi connectivity index (χ1) is 17.6. The van der Waals surface area contributed by atoms with Crippen LogP contribution >= 0.6 is 11.8 Å². The Hall–Kier alpha value is -4.10. The van der Waals surface area contributed by atoms with Crippen LogP contribution in [0.4, 0.5) is 0 Å². The van der Waals surface area contributed by atoms with Gasteiger partial charge in [0, 0.05) is 16.5 Å². The van der Waals surface area contributed by atoms with E-state index in [1.165, 1.54) is 22.9 Å². The second-order valence-electron chi connectivity index (χ2n) is 8.75. The van der Waals surface area contributed by atoms with E-state index in [9.17, 15) is 4.79 Å². The number of rotatable bonds is 4. The number of hydrogen-bond acceptors (Lipinski definition) is 6. The molecule has 2 heterocycles. The predicted molar refractivity (Wildman–Crippen MR) is 144 cm³/mol. The number of hydrazone groups is 1. The van der Waals surface area contributed by atoms with Gasteiger partial charge in [-0.15, -0.1) is 5.10 Å². The lowest BCUT2D eigenvalue weighted by atomic mass is 9.99. The summed E-state index contributed by atoms with van der Waals surface area (Å²) in [5.41, 5.74) is 3.74. The quantitative estimate of drug-likeness (QED) is 0.463. The Kier molecular flexibility index (Phi) is 5.70. The summed E-state index contributed by atoms with van der Waals surface area (Å²) in [4.78, 5) is 18.6. The third kappa shape index (κ3) is 3.91. The first-order valence-electron chi connectivity index (χ1n) is 11.7. The summed E-state index contributed by atoms with van der Waals surface area (Å²) in [6.45, 7) is 2.07. The van der Waals surface area contributed by atoms with Crippen molar-refractivity contribution in [1.29, 1.82) is 0 Å². The highest BCUT2D eigenvalue weighted by Gasteiger charge is 2.36. The number of nitrogens with one attached hydrogen (secondary N) is 1. The van der Waals surface area contributed by atoms with Crippen molar-refractivity contribution >= 4 is 39.3 Å². The van der Waals surface area contributed by atoms with Crippen LogP contribution in [0.3, 0.4) is 0 Å². The van der Waals surface area contributed by atoms with E-state index in [-0.39, 0.29) is 5.91 Å². The number of benzene rings is 4. The van der Waals surface area contributed by atoms with Gasteiger partial charge in [0.15, 0.2) is 11.3 Å². The molecule has 4 aromatic carbocycles. The summed E-state index contributed by atoms with van der Waals surface area (Å²) >= 11 is 1.50. The summed E-state index contributed by atoms with van der Waals surface area (Å²) in [6, 6.07) is 28.2. The lowest BCUT2D eigenvalue weighted by molar-refractivity contribution is -0.116. The summed E-state index contributed by atoms with van der Waals surface area (Å²) in [5.74, 6) is 1.21. The lowest BCUT2D eigenvalue weighted by Crippen LogP contribution is -2.50. The van der Waals surface area contributed by atoms with Gasteiger partial charge in [-0.3, -0.25) is 15.1 Å². The molecule has 0 spiro atoms. The first kappa shape index (κ1) is 22.4. The van der Waals surface area contributed by atoms with Gasteiger partial charge < -0.3 is 4.74 Å². The molecule has 0 fully saturated rings. The standard InChI is InChI=1S/C29H24N4O2S/c1-18-11-13-19(14-12-18)17-36-29-31-28(34)26-22-9-5-6-10-23(22)30-27(33(26)32-29)25-21-8-4-3-7-20(21)15-16-24(25)35-2/h3-16,27H,17H2,1-2H3,(H,31,32,34)/t27-/m0/s1. The number of nitrogens with zero attached hydrogens (tertiary/aromatic N) is 3. The molecule has 0 aromatic heterocycles. The van der Waals surface area contributed by atoms with E-state index in [2.05, 4.69) is 48.6 Å². The topological polar surface area (TPSA) is 66.3 Å². The minimum absolute atomic E-state index is 0.192. The van der Waals surface area contributed by atoms with Crippen molar-refractivity contribution in [3.05, 3.63) is 112 Å². The zero-order valence-electron chi connectivity index (χ0n) is 19.9. The van der Waals surface area contributed by atoms with Gasteiger partial charge in [0.2, 0.25) is 0 Å². The minimum Gasteiger partial charge on any atom is -0.496 e. The summed E-state index contributed by atoms with van der Waals surface area (Å²) in [6.07, 6.45) is -0.558. The maximum atomic E-state index is 13.5. The van der Waals surface area contributed by atoms with E-state index in [4.69, 9.17) is 14.8 Å². The predicted octanol–water partition coefficient (Wildman–Crippen LogP) is 4.23. The summed E-state index contributed by atoms with van der Waals surface area (Å²) in [5, 5.41) is 13.8. The van der Waals surface area contributed by atoms with Gasteiger partial charge in [0.25, 0.3) is 5.91 Å². The number of thioether (sulfide) groups is 1. The zero-order valence-corrected chi connectivity index (χ0v) is 20.8. The average molecular weight is 493 g/mol. The highest BCUT2D eigenvalue weighted by atomic mass is 32.2.